The maximum Gasteiger partial charge on any atom is 0.292 e. The molecule has 0 aromatic carbocycles. The van der Waals surface area contributed by atoms with Crippen LogP contribution < -0.4 is 5.56 Å². The third-order valence-corrected chi connectivity index (χ3v) is 1.90. The Hall–Kier alpha value is -2.16. The van der Waals surface area contributed by atoms with E-state index in [-0.39, 0.29) is 5.56 Å². The van der Waals surface area contributed by atoms with E-state index in [9.17, 15) is 4.79 Å². The fourth-order valence-corrected chi connectivity index (χ4v) is 1.25. The number of fused-ring (bicyclic) bond motifs is 1. The molecule has 0 amide bonds. The number of hydrogen-bond acceptors (Lipinski definition) is 4. The van der Waals surface area contributed by atoms with Crippen LogP contribution in [0.1, 0.15) is 17.1 Å². The molecule has 0 fully saturated rings. The van der Waals surface area contributed by atoms with Gasteiger partial charge >= 0.3 is 0 Å². The smallest absolute Gasteiger partial charge is 0.275 e. The summed E-state index contributed by atoms with van der Waals surface area (Å²) in [6, 6.07) is 1.82. The number of nitrogens with one attached hydrogen (secondary N) is 1. The van der Waals surface area contributed by atoms with Gasteiger partial charge in [-0.15, -0.1) is 0 Å². The van der Waals surface area contributed by atoms with E-state index in [0.29, 0.717) is 17.3 Å². The first-order valence-electron chi connectivity index (χ1n) is 3.99. The summed E-state index contributed by atoms with van der Waals surface area (Å²) in [5, 5.41) is 11.4. The van der Waals surface area contributed by atoms with Gasteiger partial charge in [0.05, 0.1) is 5.69 Å². The zero-order valence-corrected chi connectivity index (χ0v) is 7.70. The van der Waals surface area contributed by atoms with Gasteiger partial charge in [-0.05, 0) is 13.8 Å². The molecule has 2 heterocycles. The van der Waals surface area contributed by atoms with Crippen molar-refractivity contribution in [3.8, 4) is 6.07 Å². The SMILES string of the molecule is Cc1nc2nc(C)c(C#N)c(=O)n2[nH]1. The molecule has 2 rings (SSSR count). The van der Waals surface area contributed by atoms with Crippen LogP contribution in [0.5, 0.6) is 0 Å². The summed E-state index contributed by atoms with van der Waals surface area (Å²) in [7, 11) is 0. The quantitative estimate of drug-likeness (QED) is 0.627. The number of H-pyrrole nitrogens is 1. The van der Waals surface area contributed by atoms with Crippen molar-refractivity contribution in [3.63, 3.8) is 0 Å². The molecule has 6 heteroatoms. The Morgan fingerprint density at radius 3 is 2.79 bits per heavy atom. The summed E-state index contributed by atoms with van der Waals surface area (Å²) in [5.74, 6) is 0.882. The maximum atomic E-state index is 11.6. The first kappa shape index (κ1) is 8.44. The van der Waals surface area contributed by atoms with Crippen LogP contribution in [-0.4, -0.2) is 19.6 Å². The second-order valence-corrected chi connectivity index (χ2v) is 2.93. The Balaban J connectivity index is 3.01. The molecule has 0 atom stereocenters. The highest BCUT2D eigenvalue weighted by Crippen LogP contribution is 2.00. The lowest BCUT2D eigenvalue weighted by atomic mass is 10.3. The number of hydrogen-bond donors (Lipinski definition) is 1. The van der Waals surface area contributed by atoms with Gasteiger partial charge in [0.15, 0.2) is 0 Å². The zero-order valence-electron chi connectivity index (χ0n) is 7.70. The predicted octanol–water partition coefficient (Wildman–Crippen LogP) is -0.0939. The van der Waals surface area contributed by atoms with Crippen molar-refractivity contribution in [1.29, 1.82) is 5.26 Å². The van der Waals surface area contributed by atoms with Crippen LogP contribution >= 0.6 is 0 Å². The van der Waals surface area contributed by atoms with E-state index in [4.69, 9.17) is 5.26 Å². The largest absolute Gasteiger partial charge is 0.292 e. The standard InChI is InChI=1S/C8H7N5O/c1-4-6(3-9)7(14)13-8(10-4)11-5(2)12-13/h1-2H3,(H,10,11,12). The van der Waals surface area contributed by atoms with Crippen LogP contribution in [0.2, 0.25) is 0 Å². The summed E-state index contributed by atoms with van der Waals surface area (Å²) in [4.78, 5) is 19.6. The molecule has 6 nitrogen and oxygen atoms in total. The number of aromatic nitrogens is 4. The van der Waals surface area contributed by atoms with Crippen molar-refractivity contribution >= 4 is 5.78 Å². The third kappa shape index (κ3) is 0.992. The molecule has 0 radical (unpaired) electrons. The number of rotatable bonds is 0. The molecule has 1 N–H and O–H groups in total. The first-order chi connectivity index (χ1) is 6.63. The normalized spacial score (nSPS) is 10.4. The average Bonchev–Trinajstić information content (AvgIpc) is 2.47. The Bertz CT molecular complexity index is 600. The van der Waals surface area contributed by atoms with Crippen LogP contribution in [0.25, 0.3) is 5.78 Å². The molecule has 70 valence electrons. The van der Waals surface area contributed by atoms with Gasteiger partial charge in [0.2, 0.25) is 0 Å². The van der Waals surface area contributed by atoms with E-state index in [1.165, 1.54) is 4.52 Å². The summed E-state index contributed by atoms with van der Waals surface area (Å²) in [6.45, 7) is 3.33. The second kappa shape index (κ2) is 2.67. The lowest BCUT2D eigenvalue weighted by Crippen LogP contribution is -2.20. The minimum absolute atomic E-state index is 0.0474. The highest BCUT2D eigenvalue weighted by molar-refractivity contribution is 5.37. The van der Waals surface area contributed by atoms with Gasteiger partial charge in [-0.1, -0.05) is 0 Å². The van der Waals surface area contributed by atoms with Gasteiger partial charge in [0, 0.05) is 0 Å². The summed E-state index contributed by atoms with van der Waals surface area (Å²) < 4.78 is 1.17. The minimum Gasteiger partial charge on any atom is -0.275 e. The molecular weight excluding hydrogens is 182 g/mol. The van der Waals surface area contributed by atoms with Crippen molar-refractivity contribution < 1.29 is 0 Å². The maximum absolute atomic E-state index is 11.6. The molecule has 0 spiro atoms. The number of nitriles is 1. The Labute approximate surface area is 78.8 Å². The Kier molecular flexibility index (Phi) is 1.61. The van der Waals surface area contributed by atoms with E-state index in [1.807, 2.05) is 6.07 Å². The minimum atomic E-state index is -0.407. The van der Waals surface area contributed by atoms with E-state index in [2.05, 4.69) is 15.1 Å². The molecule has 0 saturated heterocycles. The Morgan fingerprint density at radius 2 is 2.14 bits per heavy atom. The monoisotopic (exact) mass is 189 g/mol. The van der Waals surface area contributed by atoms with Gasteiger partial charge in [0.1, 0.15) is 17.5 Å². The van der Waals surface area contributed by atoms with Gasteiger partial charge < -0.3 is 0 Å². The topological polar surface area (TPSA) is 86.8 Å². The van der Waals surface area contributed by atoms with Gasteiger partial charge in [-0.25, -0.2) is 4.98 Å². The molecular formula is C8H7N5O. The van der Waals surface area contributed by atoms with E-state index < -0.39 is 5.56 Å². The van der Waals surface area contributed by atoms with Crippen molar-refractivity contribution in [2.75, 3.05) is 0 Å². The van der Waals surface area contributed by atoms with Crippen LogP contribution in [0.3, 0.4) is 0 Å². The van der Waals surface area contributed by atoms with Crippen LogP contribution in [0.15, 0.2) is 4.79 Å². The van der Waals surface area contributed by atoms with Crippen LogP contribution in [0.4, 0.5) is 0 Å². The fourth-order valence-electron chi connectivity index (χ4n) is 1.25. The van der Waals surface area contributed by atoms with E-state index in [0.717, 1.165) is 0 Å². The van der Waals surface area contributed by atoms with Gasteiger partial charge in [-0.2, -0.15) is 14.8 Å². The number of nitrogens with zero attached hydrogens (tertiary/aromatic N) is 4. The van der Waals surface area contributed by atoms with E-state index in [1.54, 1.807) is 13.8 Å². The molecule has 0 aliphatic heterocycles. The average molecular weight is 189 g/mol. The van der Waals surface area contributed by atoms with Crippen molar-refractivity contribution in [1.82, 2.24) is 19.6 Å². The van der Waals surface area contributed by atoms with Gasteiger partial charge in [-0.3, -0.25) is 9.89 Å². The molecule has 2 aromatic rings. The second-order valence-electron chi connectivity index (χ2n) is 2.93. The third-order valence-electron chi connectivity index (χ3n) is 1.90. The molecule has 2 aromatic heterocycles. The molecule has 0 aliphatic rings. The first-order valence-corrected chi connectivity index (χ1v) is 3.99. The summed E-state index contributed by atoms with van der Waals surface area (Å²) in [6.07, 6.45) is 0. The van der Waals surface area contributed by atoms with Crippen molar-refractivity contribution in [2.45, 2.75) is 13.8 Å². The molecule has 0 unspecified atom stereocenters. The highest BCUT2D eigenvalue weighted by atomic mass is 16.1. The lowest BCUT2D eigenvalue weighted by Gasteiger charge is -1.95. The van der Waals surface area contributed by atoms with Crippen LogP contribution in [-0.2, 0) is 0 Å². The predicted molar refractivity (Wildman–Crippen MR) is 47.8 cm³/mol. The molecule has 14 heavy (non-hydrogen) atoms. The lowest BCUT2D eigenvalue weighted by molar-refractivity contribution is 0.867. The van der Waals surface area contributed by atoms with E-state index >= 15 is 0 Å². The molecule has 0 bridgehead atoms. The zero-order chi connectivity index (χ0) is 10.3. The molecule has 0 aliphatic carbocycles. The summed E-state index contributed by atoms with van der Waals surface area (Å²) >= 11 is 0. The highest BCUT2D eigenvalue weighted by Gasteiger charge is 2.10. The number of aromatic amines is 1. The number of aryl methyl sites for hydroxylation is 2. The van der Waals surface area contributed by atoms with Crippen molar-refractivity contribution in [3.05, 3.63) is 27.4 Å². The fraction of sp³-hybridized carbons (Fsp3) is 0.250. The van der Waals surface area contributed by atoms with Crippen molar-refractivity contribution in [2.24, 2.45) is 0 Å². The Morgan fingerprint density at radius 1 is 1.43 bits per heavy atom. The van der Waals surface area contributed by atoms with Gasteiger partial charge in [0.25, 0.3) is 11.3 Å². The van der Waals surface area contributed by atoms with Crippen LogP contribution in [0, 0.1) is 25.2 Å². The summed E-state index contributed by atoms with van der Waals surface area (Å²) in [5.41, 5.74) is 0.0470. The molecule has 0 saturated carbocycles.